The maximum Gasteiger partial charge on any atom is 0.222 e. The summed E-state index contributed by atoms with van der Waals surface area (Å²) in [6.45, 7) is 8.31. The molecular formula is C13H26N2O. The Kier molecular flexibility index (Phi) is 5.26. The molecule has 0 aromatic rings. The molecule has 0 bridgehead atoms. The van der Waals surface area contributed by atoms with Gasteiger partial charge in [0.2, 0.25) is 5.91 Å². The smallest absolute Gasteiger partial charge is 0.222 e. The van der Waals surface area contributed by atoms with E-state index in [1.54, 1.807) is 0 Å². The number of hydrogen-bond donors (Lipinski definition) is 1. The van der Waals surface area contributed by atoms with Gasteiger partial charge in [-0.05, 0) is 25.8 Å². The Labute approximate surface area is 99.6 Å². The summed E-state index contributed by atoms with van der Waals surface area (Å²) in [5, 5.41) is 3.16. The van der Waals surface area contributed by atoms with Crippen molar-refractivity contribution in [1.82, 2.24) is 10.2 Å². The molecule has 1 heterocycles. The summed E-state index contributed by atoms with van der Waals surface area (Å²) in [6, 6.07) is 0.352. The molecular weight excluding hydrogens is 200 g/mol. The number of nitrogens with one attached hydrogen (secondary N) is 1. The van der Waals surface area contributed by atoms with E-state index in [4.69, 9.17) is 0 Å². The van der Waals surface area contributed by atoms with Gasteiger partial charge in [0.25, 0.3) is 0 Å². The topological polar surface area (TPSA) is 32.3 Å². The van der Waals surface area contributed by atoms with Gasteiger partial charge < -0.3 is 10.2 Å². The zero-order chi connectivity index (χ0) is 12.1. The molecule has 3 nitrogen and oxygen atoms in total. The predicted molar refractivity (Wildman–Crippen MR) is 67.3 cm³/mol. The van der Waals surface area contributed by atoms with Gasteiger partial charge in [0.15, 0.2) is 0 Å². The molecule has 0 aliphatic carbocycles. The molecule has 2 unspecified atom stereocenters. The Morgan fingerprint density at radius 1 is 1.44 bits per heavy atom. The van der Waals surface area contributed by atoms with Crippen LogP contribution in [0.2, 0.25) is 0 Å². The summed E-state index contributed by atoms with van der Waals surface area (Å²) in [5.41, 5.74) is 0. The second kappa shape index (κ2) is 6.24. The van der Waals surface area contributed by atoms with Crippen LogP contribution in [0.1, 0.15) is 40.0 Å². The Hall–Kier alpha value is -0.570. The molecule has 0 aromatic heterocycles. The first-order valence-electron chi connectivity index (χ1n) is 6.51. The van der Waals surface area contributed by atoms with E-state index in [9.17, 15) is 4.79 Å². The first-order valence-corrected chi connectivity index (χ1v) is 6.51. The first-order chi connectivity index (χ1) is 7.52. The highest BCUT2D eigenvalue weighted by molar-refractivity contribution is 5.78. The maximum absolute atomic E-state index is 11.7. The minimum Gasteiger partial charge on any atom is -0.352 e. The number of amides is 1. The molecule has 0 saturated carbocycles. The van der Waals surface area contributed by atoms with Crippen molar-refractivity contribution in [3.05, 3.63) is 0 Å². The lowest BCUT2D eigenvalue weighted by molar-refractivity contribution is -0.125. The van der Waals surface area contributed by atoms with Crippen LogP contribution in [-0.4, -0.2) is 37.0 Å². The molecule has 1 saturated heterocycles. The molecule has 1 amide bonds. The van der Waals surface area contributed by atoms with E-state index in [0.29, 0.717) is 6.04 Å². The highest BCUT2D eigenvalue weighted by atomic mass is 16.1. The van der Waals surface area contributed by atoms with Gasteiger partial charge >= 0.3 is 0 Å². The first kappa shape index (κ1) is 13.5. The SMILES string of the molecule is CCCC1CC(NC(=O)C(C)C)CN(C)C1. The van der Waals surface area contributed by atoms with Gasteiger partial charge in [-0.2, -0.15) is 0 Å². The lowest BCUT2D eigenvalue weighted by atomic mass is 9.90. The third kappa shape index (κ3) is 4.12. The van der Waals surface area contributed by atoms with Crippen molar-refractivity contribution >= 4 is 5.91 Å². The summed E-state index contributed by atoms with van der Waals surface area (Å²) >= 11 is 0. The normalized spacial score (nSPS) is 27.1. The third-order valence-electron chi connectivity index (χ3n) is 3.29. The van der Waals surface area contributed by atoms with Crippen molar-refractivity contribution in [3.63, 3.8) is 0 Å². The highest BCUT2D eigenvalue weighted by Gasteiger charge is 2.26. The third-order valence-corrected chi connectivity index (χ3v) is 3.29. The van der Waals surface area contributed by atoms with Crippen LogP contribution in [0.4, 0.5) is 0 Å². The van der Waals surface area contributed by atoms with E-state index in [-0.39, 0.29) is 11.8 Å². The van der Waals surface area contributed by atoms with Crippen LogP contribution in [-0.2, 0) is 4.79 Å². The minimum absolute atomic E-state index is 0.0943. The number of piperidine rings is 1. The molecule has 16 heavy (non-hydrogen) atoms. The number of rotatable bonds is 4. The molecule has 1 rings (SSSR count). The second-order valence-electron chi connectivity index (χ2n) is 5.47. The van der Waals surface area contributed by atoms with Crippen LogP contribution < -0.4 is 5.32 Å². The van der Waals surface area contributed by atoms with Crippen molar-refractivity contribution in [2.75, 3.05) is 20.1 Å². The van der Waals surface area contributed by atoms with Crippen molar-refractivity contribution in [3.8, 4) is 0 Å². The van der Waals surface area contributed by atoms with Crippen molar-refractivity contribution in [2.24, 2.45) is 11.8 Å². The molecule has 1 fully saturated rings. The van der Waals surface area contributed by atoms with E-state index in [2.05, 4.69) is 24.2 Å². The van der Waals surface area contributed by atoms with Crippen LogP contribution in [0.3, 0.4) is 0 Å². The monoisotopic (exact) mass is 226 g/mol. The number of likely N-dealkylation sites (N-methyl/N-ethyl adjacent to an activating group) is 1. The van der Waals surface area contributed by atoms with Gasteiger partial charge in [-0.3, -0.25) is 4.79 Å². The summed E-state index contributed by atoms with van der Waals surface area (Å²) in [7, 11) is 2.15. The van der Waals surface area contributed by atoms with E-state index in [0.717, 1.165) is 18.9 Å². The van der Waals surface area contributed by atoms with Crippen LogP contribution in [0.15, 0.2) is 0 Å². The maximum atomic E-state index is 11.7. The minimum atomic E-state index is 0.0943. The molecule has 1 aliphatic heterocycles. The van der Waals surface area contributed by atoms with Crippen LogP contribution in [0, 0.1) is 11.8 Å². The Morgan fingerprint density at radius 3 is 2.69 bits per heavy atom. The number of nitrogens with zero attached hydrogens (tertiary/aromatic N) is 1. The molecule has 3 heteroatoms. The van der Waals surface area contributed by atoms with Gasteiger partial charge in [0.05, 0.1) is 0 Å². The average molecular weight is 226 g/mol. The zero-order valence-electron chi connectivity index (χ0n) is 11.1. The Balaban J connectivity index is 2.44. The fourth-order valence-corrected chi connectivity index (χ4v) is 2.53. The Morgan fingerprint density at radius 2 is 2.12 bits per heavy atom. The molecule has 1 N–H and O–H groups in total. The van der Waals surface area contributed by atoms with Crippen LogP contribution >= 0.6 is 0 Å². The number of hydrogen-bond acceptors (Lipinski definition) is 2. The molecule has 0 aromatic carbocycles. The zero-order valence-corrected chi connectivity index (χ0v) is 11.1. The van der Waals surface area contributed by atoms with Crippen molar-refractivity contribution in [2.45, 2.75) is 46.1 Å². The molecule has 0 spiro atoms. The quantitative estimate of drug-likeness (QED) is 0.794. The summed E-state index contributed by atoms with van der Waals surface area (Å²) in [6.07, 6.45) is 3.67. The summed E-state index contributed by atoms with van der Waals surface area (Å²) in [5.74, 6) is 1.04. The molecule has 94 valence electrons. The lowest BCUT2D eigenvalue weighted by Crippen LogP contribution is -2.50. The largest absolute Gasteiger partial charge is 0.352 e. The highest BCUT2D eigenvalue weighted by Crippen LogP contribution is 2.20. The van der Waals surface area contributed by atoms with Crippen LogP contribution in [0.5, 0.6) is 0 Å². The number of likely N-dealkylation sites (tertiary alicyclic amines) is 1. The Bertz CT molecular complexity index is 228. The van der Waals surface area contributed by atoms with E-state index in [1.807, 2.05) is 13.8 Å². The van der Waals surface area contributed by atoms with Gasteiger partial charge in [0, 0.05) is 25.0 Å². The fourth-order valence-electron chi connectivity index (χ4n) is 2.53. The number of carbonyl (C=O) groups excluding carboxylic acids is 1. The van der Waals surface area contributed by atoms with Crippen molar-refractivity contribution < 1.29 is 4.79 Å². The molecule has 2 atom stereocenters. The second-order valence-corrected chi connectivity index (χ2v) is 5.47. The predicted octanol–water partition coefficient (Wildman–Crippen LogP) is 1.88. The summed E-state index contributed by atoms with van der Waals surface area (Å²) < 4.78 is 0. The summed E-state index contributed by atoms with van der Waals surface area (Å²) in [4.78, 5) is 14.0. The lowest BCUT2D eigenvalue weighted by Gasteiger charge is -2.36. The van der Waals surface area contributed by atoms with Gasteiger partial charge in [-0.1, -0.05) is 27.2 Å². The standard InChI is InChI=1S/C13H26N2O/c1-5-6-11-7-12(9-15(4)8-11)14-13(16)10(2)3/h10-12H,5-9H2,1-4H3,(H,14,16). The van der Waals surface area contributed by atoms with Gasteiger partial charge in [-0.25, -0.2) is 0 Å². The average Bonchev–Trinajstić information content (AvgIpc) is 2.16. The van der Waals surface area contributed by atoms with Gasteiger partial charge in [0.1, 0.15) is 0 Å². The van der Waals surface area contributed by atoms with Crippen LogP contribution in [0.25, 0.3) is 0 Å². The van der Waals surface area contributed by atoms with E-state index < -0.39 is 0 Å². The van der Waals surface area contributed by atoms with E-state index >= 15 is 0 Å². The number of carbonyl (C=O) groups is 1. The molecule has 0 radical (unpaired) electrons. The van der Waals surface area contributed by atoms with Gasteiger partial charge in [-0.15, -0.1) is 0 Å². The molecule has 1 aliphatic rings. The van der Waals surface area contributed by atoms with Crippen molar-refractivity contribution in [1.29, 1.82) is 0 Å². The van der Waals surface area contributed by atoms with E-state index in [1.165, 1.54) is 19.4 Å². The fraction of sp³-hybridized carbons (Fsp3) is 0.923.